The fraction of sp³-hybridized carbons (Fsp3) is 0. The zero-order chi connectivity index (χ0) is 16.5. The summed E-state index contributed by atoms with van der Waals surface area (Å²) in [5, 5.41) is 6.19. The molecule has 0 saturated carbocycles. The molecule has 4 rings (SSSR count). The molecule has 0 spiro atoms. The van der Waals surface area contributed by atoms with Crippen LogP contribution in [0.25, 0.3) is 23.2 Å². The van der Waals surface area contributed by atoms with Gasteiger partial charge in [-0.3, -0.25) is 4.79 Å². The van der Waals surface area contributed by atoms with Gasteiger partial charge in [-0.1, -0.05) is 35.6 Å². The predicted molar refractivity (Wildman–Crippen MR) is 95.6 cm³/mol. The van der Waals surface area contributed by atoms with E-state index in [2.05, 4.69) is 10.1 Å². The van der Waals surface area contributed by atoms with Gasteiger partial charge in [0.25, 0.3) is 5.56 Å². The monoisotopic (exact) mass is 355 g/mol. The standard InChI is InChI=1S/C17H10FN3OS2/c18-13-6-2-1-4-11(13)10-14-16(22)21-17(24-14)19-15(20-21)8-7-12-5-3-9-23-12/h1-10H/b8-7+,14-10-. The van der Waals surface area contributed by atoms with Crippen molar-refractivity contribution in [2.24, 2.45) is 0 Å². The van der Waals surface area contributed by atoms with Crippen molar-refractivity contribution < 1.29 is 4.39 Å². The Balaban J connectivity index is 1.74. The Bertz CT molecular complexity index is 1140. The number of hydrogen-bond donors (Lipinski definition) is 0. The van der Waals surface area contributed by atoms with Gasteiger partial charge in [0.05, 0.1) is 4.53 Å². The van der Waals surface area contributed by atoms with Crippen molar-refractivity contribution in [3.63, 3.8) is 0 Å². The molecule has 0 atom stereocenters. The quantitative estimate of drug-likeness (QED) is 0.567. The predicted octanol–water partition coefficient (Wildman–Crippen LogP) is 3.07. The number of hydrogen-bond acceptors (Lipinski definition) is 5. The van der Waals surface area contributed by atoms with Crippen molar-refractivity contribution >= 4 is 45.9 Å². The Morgan fingerprint density at radius 3 is 2.75 bits per heavy atom. The first-order valence-electron chi connectivity index (χ1n) is 7.08. The van der Waals surface area contributed by atoms with Crippen LogP contribution in [0, 0.1) is 5.82 Å². The van der Waals surface area contributed by atoms with Gasteiger partial charge in [-0.25, -0.2) is 4.39 Å². The number of benzene rings is 1. The Labute approximate surface area is 143 Å². The minimum Gasteiger partial charge on any atom is -0.266 e. The van der Waals surface area contributed by atoms with Gasteiger partial charge in [-0.2, -0.15) is 9.50 Å². The number of nitrogens with zero attached hydrogens (tertiary/aromatic N) is 3. The van der Waals surface area contributed by atoms with E-state index in [1.165, 1.54) is 28.0 Å². The second-order valence-electron chi connectivity index (χ2n) is 4.95. The topological polar surface area (TPSA) is 47.3 Å². The molecule has 0 fully saturated rings. The lowest BCUT2D eigenvalue weighted by molar-refractivity contribution is 0.625. The third-order valence-corrected chi connectivity index (χ3v) is 5.13. The third-order valence-electron chi connectivity index (χ3n) is 3.33. The van der Waals surface area contributed by atoms with E-state index in [9.17, 15) is 9.18 Å². The third kappa shape index (κ3) is 2.79. The fourth-order valence-electron chi connectivity index (χ4n) is 2.20. The summed E-state index contributed by atoms with van der Waals surface area (Å²) in [6, 6.07) is 10.3. The molecule has 0 amide bonds. The maximum Gasteiger partial charge on any atom is 0.291 e. The summed E-state index contributed by atoms with van der Waals surface area (Å²) in [6.07, 6.45) is 5.20. The number of aromatic nitrogens is 3. The average molecular weight is 355 g/mol. The molecular weight excluding hydrogens is 345 g/mol. The van der Waals surface area contributed by atoms with Gasteiger partial charge < -0.3 is 0 Å². The van der Waals surface area contributed by atoms with Crippen LogP contribution in [0.1, 0.15) is 16.3 Å². The Hall–Kier alpha value is -2.64. The van der Waals surface area contributed by atoms with Crippen molar-refractivity contribution in [3.8, 4) is 0 Å². The van der Waals surface area contributed by atoms with Crippen LogP contribution < -0.4 is 10.1 Å². The minimum atomic E-state index is -0.365. The summed E-state index contributed by atoms with van der Waals surface area (Å²) in [6.45, 7) is 0. The van der Waals surface area contributed by atoms with E-state index < -0.39 is 0 Å². The van der Waals surface area contributed by atoms with Crippen LogP contribution in [0.3, 0.4) is 0 Å². The molecule has 0 aliphatic rings. The maximum absolute atomic E-state index is 13.7. The molecule has 7 heteroatoms. The summed E-state index contributed by atoms with van der Waals surface area (Å²) in [7, 11) is 0. The fourth-order valence-corrected chi connectivity index (χ4v) is 3.72. The van der Waals surface area contributed by atoms with Crippen molar-refractivity contribution in [1.82, 2.24) is 14.6 Å². The lowest BCUT2D eigenvalue weighted by atomic mass is 10.2. The number of thiazole rings is 1. The Morgan fingerprint density at radius 2 is 2.00 bits per heavy atom. The van der Waals surface area contributed by atoms with Gasteiger partial charge in [0.15, 0.2) is 5.82 Å². The molecule has 0 aliphatic carbocycles. The zero-order valence-corrected chi connectivity index (χ0v) is 13.9. The first-order chi connectivity index (χ1) is 11.7. The van der Waals surface area contributed by atoms with Gasteiger partial charge in [0.2, 0.25) is 4.96 Å². The summed E-state index contributed by atoms with van der Waals surface area (Å²) in [5.74, 6) is 0.111. The lowest BCUT2D eigenvalue weighted by Crippen LogP contribution is -2.23. The van der Waals surface area contributed by atoms with Crippen LogP contribution in [0.15, 0.2) is 46.6 Å². The van der Waals surface area contributed by atoms with Crippen LogP contribution in [-0.4, -0.2) is 14.6 Å². The first kappa shape index (κ1) is 14.9. The largest absolute Gasteiger partial charge is 0.291 e. The van der Waals surface area contributed by atoms with Gasteiger partial charge in [0.1, 0.15) is 5.82 Å². The number of halogens is 1. The van der Waals surface area contributed by atoms with Crippen molar-refractivity contribution in [2.75, 3.05) is 0 Å². The molecule has 3 heterocycles. The van der Waals surface area contributed by atoms with Gasteiger partial charge in [-0.15, -0.1) is 16.4 Å². The highest BCUT2D eigenvalue weighted by Crippen LogP contribution is 2.13. The molecule has 1 aromatic carbocycles. The van der Waals surface area contributed by atoms with Gasteiger partial charge >= 0.3 is 0 Å². The highest BCUT2D eigenvalue weighted by Gasteiger charge is 2.09. The molecule has 4 nitrogen and oxygen atoms in total. The van der Waals surface area contributed by atoms with E-state index >= 15 is 0 Å². The number of thiophene rings is 1. The first-order valence-corrected chi connectivity index (χ1v) is 8.78. The summed E-state index contributed by atoms with van der Waals surface area (Å²) >= 11 is 2.81. The van der Waals surface area contributed by atoms with E-state index in [1.807, 2.05) is 23.6 Å². The molecular formula is C17H10FN3OS2. The van der Waals surface area contributed by atoms with Gasteiger partial charge in [0, 0.05) is 10.4 Å². The van der Waals surface area contributed by atoms with E-state index in [1.54, 1.807) is 35.6 Å². The minimum absolute atomic E-state index is 0.290. The average Bonchev–Trinajstić information content (AvgIpc) is 3.27. The van der Waals surface area contributed by atoms with E-state index in [-0.39, 0.29) is 11.4 Å². The number of rotatable bonds is 3. The van der Waals surface area contributed by atoms with Gasteiger partial charge in [-0.05, 0) is 35.7 Å². The van der Waals surface area contributed by atoms with Crippen molar-refractivity contribution in [3.05, 3.63) is 78.7 Å². The maximum atomic E-state index is 13.7. The van der Waals surface area contributed by atoms with E-state index in [0.717, 1.165) is 4.88 Å². The van der Waals surface area contributed by atoms with E-state index in [4.69, 9.17) is 0 Å². The molecule has 4 aromatic rings. The Kier molecular flexibility index (Phi) is 3.79. The molecule has 0 aliphatic heterocycles. The zero-order valence-electron chi connectivity index (χ0n) is 12.2. The number of fused-ring (bicyclic) bond motifs is 1. The van der Waals surface area contributed by atoms with E-state index in [0.29, 0.717) is 20.9 Å². The van der Waals surface area contributed by atoms with Crippen molar-refractivity contribution in [1.29, 1.82) is 0 Å². The lowest BCUT2D eigenvalue weighted by Gasteiger charge is -1.92. The van der Waals surface area contributed by atoms with Crippen LogP contribution in [0.5, 0.6) is 0 Å². The highest BCUT2D eigenvalue weighted by atomic mass is 32.1. The molecule has 118 valence electrons. The summed E-state index contributed by atoms with van der Waals surface area (Å²) < 4.78 is 15.4. The summed E-state index contributed by atoms with van der Waals surface area (Å²) in [4.78, 5) is 18.3. The van der Waals surface area contributed by atoms with Crippen LogP contribution in [-0.2, 0) is 0 Å². The second-order valence-corrected chi connectivity index (χ2v) is 6.94. The molecule has 3 aromatic heterocycles. The molecule has 0 radical (unpaired) electrons. The molecule has 24 heavy (non-hydrogen) atoms. The molecule has 0 N–H and O–H groups in total. The van der Waals surface area contributed by atoms with Crippen molar-refractivity contribution in [2.45, 2.75) is 0 Å². The molecule has 0 bridgehead atoms. The molecule has 0 unspecified atom stereocenters. The summed E-state index contributed by atoms with van der Waals surface area (Å²) in [5.41, 5.74) is 0.0819. The SMILES string of the molecule is O=c1/c(=C/c2ccccc2F)sc2nc(/C=C/c3cccs3)nn12. The second kappa shape index (κ2) is 6.10. The highest BCUT2D eigenvalue weighted by molar-refractivity contribution is 7.15. The van der Waals surface area contributed by atoms with Crippen LogP contribution >= 0.6 is 22.7 Å². The van der Waals surface area contributed by atoms with Crippen LogP contribution in [0.4, 0.5) is 4.39 Å². The molecule has 0 saturated heterocycles. The normalized spacial score (nSPS) is 12.6. The van der Waals surface area contributed by atoms with Crippen LogP contribution in [0.2, 0.25) is 0 Å². The Morgan fingerprint density at radius 1 is 1.12 bits per heavy atom. The smallest absolute Gasteiger partial charge is 0.266 e.